The van der Waals surface area contributed by atoms with E-state index < -0.39 is 5.97 Å². The van der Waals surface area contributed by atoms with E-state index in [0.717, 1.165) is 16.8 Å². The van der Waals surface area contributed by atoms with Crippen LogP contribution in [0.3, 0.4) is 0 Å². The van der Waals surface area contributed by atoms with Gasteiger partial charge in [-0.3, -0.25) is 0 Å². The lowest BCUT2D eigenvalue weighted by Crippen LogP contribution is -2.11. The molecule has 0 fully saturated rings. The van der Waals surface area contributed by atoms with Crippen molar-refractivity contribution in [2.24, 2.45) is 0 Å². The van der Waals surface area contributed by atoms with Gasteiger partial charge in [-0.2, -0.15) is 0 Å². The number of methoxy groups -OCH3 is 1. The summed E-state index contributed by atoms with van der Waals surface area (Å²) in [5.74, 6) is 0.0621. The van der Waals surface area contributed by atoms with Gasteiger partial charge in [0, 0.05) is 29.2 Å². The summed E-state index contributed by atoms with van der Waals surface area (Å²) < 4.78 is 4.79. The maximum absolute atomic E-state index is 11.8. The summed E-state index contributed by atoms with van der Waals surface area (Å²) in [6.45, 7) is 1.21. The number of nitrogens with zero attached hydrogens (tertiary/aromatic N) is 2. The van der Waals surface area contributed by atoms with E-state index in [0.29, 0.717) is 29.6 Å². The Morgan fingerprint density at radius 3 is 2.70 bits per heavy atom. The molecule has 0 bridgehead atoms. The molecule has 0 atom stereocenters. The number of carbonyl (C=O) groups excluding carboxylic acids is 1. The van der Waals surface area contributed by atoms with Gasteiger partial charge in [0.1, 0.15) is 0 Å². The van der Waals surface area contributed by atoms with Crippen LogP contribution in [0.15, 0.2) is 24.3 Å². The first-order chi connectivity index (χ1) is 9.69. The number of halogens is 1. The number of rotatable bonds is 2. The van der Waals surface area contributed by atoms with E-state index >= 15 is 0 Å². The maximum Gasteiger partial charge on any atom is 0.357 e. The zero-order valence-electron chi connectivity index (χ0n) is 10.8. The summed E-state index contributed by atoms with van der Waals surface area (Å²) in [5.41, 5.74) is 2.79. The molecule has 3 rings (SSSR count). The van der Waals surface area contributed by atoms with Crippen molar-refractivity contribution in [2.75, 3.05) is 7.11 Å². The Hall–Kier alpha value is -1.98. The number of hydrogen-bond acceptors (Lipinski definition) is 5. The van der Waals surface area contributed by atoms with Crippen molar-refractivity contribution in [1.82, 2.24) is 15.3 Å². The predicted molar refractivity (Wildman–Crippen MR) is 74.4 cm³/mol. The molecular formula is C14H12ClN3O2. The van der Waals surface area contributed by atoms with E-state index in [-0.39, 0.29) is 0 Å². The van der Waals surface area contributed by atoms with Gasteiger partial charge in [-0.25, -0.2) is 14.8 Å². The van der Waals surface area contributed by atoms with E-state index in [1.165, 1.54) is 7.11 Å². The van der Waals surface area contributed by atoms with Gasteiger partial charge in [-0.1, -0.05) is 11.6 Å². The number of benzene rings is 1. The maximum atomic E-state index is 11.8. The average Bonchev–Trinajstić information content (AvgIpc) is 2.94. The summed E-state index contributed by atoms with van der Waals surface area (Å²) >= 11 is 5.87. The fourth-order valence-corrected chi connectivity index (χ4v) is 2.29. The lowest BCUT2D eigenvalue weighted by Gasteiger charge is -2.08. The molecule has 5 nitrogen and oxygen atoms in total. The van der Waals surface area contributed by atoms with E-state index in [2.05, 4.69) is 15.3 Å². The molecule has 6 heteroatoms. The topological polar surface area (TPSA) is 64.1 Å². The largest absolute Gasteiger partial charge is 0.464 e. The van der Waals surface area contributed by atoms with Gasteiger partial charge in [-0.15, -0.1) is 0 Å². The average molecular weight is 290 g/mol. The van der Waals surface area contributed by atoms with Crippen molar-refractivity contribution in [3.05, 3.63) is 46.2 Å². The Balaban J connectivity index is 2.13. The Labute approximate surface area is 121 Å². The smallest absolute Gasteiger partial charge is 0.357 e. The molecule has 2 aromatic rings. The van der Waals surface area contributed by atoms with Crippen LogP contribution in [0.5, 0.6) is 0 Å². The van der Waals surface area contributed by atoms with Crippen LogP contribution in [0, 0.1) is 0 Å². The number of ether oxygens (including phenoxy) is 1. The summed E-state index contributed by atoms with van der Waals surface area (Å²) in [6.07, 6.45) is 0. The summed E-state index contributed by atoms with van der Waals surface area (Å²) in [4.78, 5) is 20.7. The van der Waals surface area contributed by atoms with Crippen molar-refractivity contribution < 1.29 is 9.53 Å². The number of aromatic nitrogens is 2. The lowest BCUT2D eigenvalue weighted by molar-refractivity contribution is 0.0592. The molecule has 0 radical (unpaired) electrons. The molecule has 0 saturated heterocycles. The van der Waals surface area contributed by atoms with Gasteiger partial charge in [0.2, 0.25) is 0 Å². The second-order valence-corrected chi connectivity index (χ2v) is 4.86. The standard InChI is InChI=1S/C14H12ClN3O2/c1-20-14(19)12-10-6-16-7-11(10)17-13(18-12)8-2-4-9(15)5-3-8/h2-5,16H,6-7H2,1H3. The highest BCUT2D eigenvalue weighted by atomic mass is 35.5. The molecule has 1 aromatic carbocycles. The minimum Gasteiger partial charge on any atom is -0.464 e. The third-order valence-corrected chi connectivity index (χ3v) is 3.42. The van der Waals surface area contributed by atoms with E-state index in [4.69, 9.17) is 16.3 Å². The quantitative estimate of drug-likeness (QED) is 0.859. The highest BCUT2D eigenvalue weighted by Crippen LogP contribution is 2.24. The summed E-state index contributed by atoms with van der Waals surface area (Å²) in [5, 5.41) is 3.81. The molecule has 0 spiro atoms. The zero-order chi connectivity index (χ0) is 14.1. The molecule has 0 saturated carbocycles. The minimum absolute atomic E-state index is 0.326. The fraction of sp³-hybridized carbons (Fsp3) is 0.214. The first kappa shape index (κ1) is 13.0. The van der Waals surface area contributed by atoms with Crippen molar-refractivity contribution in [1.29, 1.82) is 0 Å². The second-order valence-electron chi connectivity index (χ2n) is 4.42. The molecule has 0 unspecified atom stereocenters. The fourth-order valence-electron chi connectivity index (χ4n) is 2.16. The van der Waals surface area contributed by atoms with E-state index in [1.807, 2.05) is 12.1 Å². The van der Waals surface area contributed by atoms with Crippen LogP contribution >= 0.6 is 11.6 Å². The molecule has 1 N–H and O–H groups in total. The van der Waals surface area contributed by atoms with E-state index in [9.17, 15) is 4.79 Å². The van der Waals surface area contributed by atoms with Crippen LogP contribution in [-0.4, -0.2) is 23.0 Å². The minimum atomic E-state index is -0.442. The van der Waals surface area contributed by atoms with Gasteiger partial charge >= 0.3 is 5.97 Å². The molecule has 0 amide bonds. The molecule has 2 heterocycles. The second kappa shape index (κ2) is 5.19. The Bertz CT molecular complexity index is 671. The van der Waals surface area contributed by atoms with Crippen molar-refractivity contribution in [3.8, 4) is 11.4 Å². The van der Waals surface area contributed by atoms with Crippen molar-refractivity contribution in [3.63, 3.8) is 0 Å². The molecule has 1 aromatic heterocycles. The molecule has 0 aliphatic carbocycles. The van der Waals surface area contributed by atoms with Crippen LogP contribution in [0.4, 0.5) is 0 Å². The Kier molecular flexibility index (Phi) is 3.38. The first-order valence-electron chi connectivity index (χ1n) is 6.14. The highest BCUT2D eigenvalue weighted by molar-refractivity contribution is 6.30. The van der Waals surface area contributed by atoms with Gasteiger partial charge in [0.25, 0.3) is 0 Å². The highest BCUT2D eigenvalue weighted by Gasteiger charge is 2.24. The zero-order valence-corrected chi connectivity index (χ0v) is 11.6. The number of fused-ring (bicyclic) bond motifs is 1. The third kappa shape index (κ3) is 2.26. The van der Waals surface area contributed by atoms with Crippen molar-refractivity contribution >= 4 is 17.6 Å². The molecule has 20 heavy (non-hydrogen) atoms. The van der Waals surface area contributed by atoms with Gasteiger partial charge < -0.3 is 10.1 Å². The normalized spacial score (nSPS) is 13.1. The Morgan fingerprint density at radius 2 is 2.00 bits per heavy atom. The van der Waals surface area contributed by atoms with Gasteiger partial charge in [0.05, 0.1) is 12.8 Å². The van der Waals surface area contributed by atoms with Gasteiger partial charge in [-0.05, 0) is 24.3 Å². The van der Waals surface area contributed by atoms with Crippen LogP contribution in [0.2, 0.25) is 5.02 Å². The third-order valence-electron chi connectivity index (χ3n) is 3.17. The number of esters is 1. The Morgan fingerprint density at radius 1 is 1.25 bits per heavy atom. The SMILES string of the molecule is COC(=O)c1nc(-c2ccc(Cl)cc2)nc2c1CNC2. The molecule has 1 aliphatic rings. The molecule has 102 valence electrons. The van der Waals surface area contributed by atoms with Crippen LogP contribution in [-0.2, 0) is 17.8 Å². The van der Waals surface area contributed by atoms with Crippen LogP contribution < -0.4 is 5.32 Å². The van der Waals surface area contributed by atoms with Crippen molar-refractivity contribution in [2.45, 2.75) is 13.1 Å². The van der Waals surface area contributed by atoms with Crippen LogP contribution in [0.1, 0.15) is 21.7 Å². The predicted octanol–water partition coefficient (Wildman–Crippen LogP) is 2.19. The lowest BCUT2D eigenvalue weighted by atomic mass is 10.1. The summed E-state index contributed by atoms with van der Waals surface area (Å²) in [6, 6.07) is 7.19. The number of carbonyl (C=O) groups is 1. The number of hydrogen-bond donors (Lipinski definition) is 1. The molecule has 1 aliphatic heterocycles. The summed E-state index contributed by atoms with van der Waals surface area (Å²) in [7, 11) is 1.35. The molecular weight excluding hydrogens is 278 g/mol. The monoisotopic (exact) mass is 289 g/mol. The van der Waals surface area contributed by atoms with Crippen LogP contribution in [0.25, 0.3) is 11.4 Å². The number of nitrogens with one attached hydrogen (secondary N) is 1. The van der Waals surface area contributed by atoms with E-state index in [1.54, 1.807) is 12.1 Å². The van der Waals surface area contributed by atoms with Gasteiger partial charge in [0.15, 0.2) is 11.5 Å². The first-order valence-corrected chi connectivity index (χ1v) is 6.51.